The minimum atomic E-state index is -1.12. The van der Waals surface area contributed by atoms with E-state index in [4.69, 9.17) is 5.11 Å². The molecule has 1 fully saturated rings. The second-order valence-corrected chi connectivity index (χ2v) is 4.84. The van der Waals surface area contributed by atoms with Crippen molar-refractivity contribution in [2.75, 3.05) is 18.4 Å². The smallest absolute Gasteiger partial charge is 0.322 e. The number of carboxylic acid groups (broad SMARTS) is 1. The number of hydrogen-bond donors (Lipinski definition) is 3. The van der Waals surface area contributed by atoms with Crippen LogP contribution in [0.1, 0.15) is 12.0 Å². The first-order valence-corrected chi connectivity index (χ1v) is 6.62. The Morgan fingerprint density at radius 1 is 1.43 bits per heavy atom. The zero-order valence-corrected chi connectivity index (χ0v) is 11.6. The summed E-state index contributed by atoms with van der Waals surface area (Å²) in [6.45, 7) is 2.45. The number of carbonyl (C=O) groups is 3. The molecule has 1 aromatic rings. The number of piperazine rings is 1. The molecule has 1 saturated heterocycles. The number of rotatable bonds is 3. The van der Waals surface area contributed by atoms with Crippen LogP contribution in [0, 0.1) is 6.92 Å². The molecule has 1 heterocycles. The Hall–Kier alpha value is -2.57. The highest BCUT2D eigenvalue weighted by Gasteiger charge is 2.34. The molecule has 1 aliphatic rings. The zero-order valence-electron chi connectivity index (χ0n) is 11.6. The van der Waals surface area contributed by atoms with Crippen LogP contribution < -0.4 is 10.6 Å². The van der Waals surface area contributed by atoms with Gasteiger partial charge in [0.2, 0.25) is 5.91 Å². The molecule has 21 heavy (non-hydrogen) atoms. The van der Waals surface area contributed by atoms with Crippen molar-refractivity contribution in [2.45, 2.75) is 19.4 Å². The molecule has 112 valence electrons. The number of nitrogens with one attached hydrogen (secondary N) is 2. The van der Waals surface area contributed by atoms with Gasteiger partial charge in [-0.15, -0.1) is 0 Å². The molecule has 2 rings (SSSR count). The predicted octanol–water partition coefficient (Wildman–Crippen LogP) is 0.802. The van der Waals surface area contributed by atoms with Crippen LogP contribution in [0.25, 0.3) is 0 Å². The van der Waals surface area contributed by atoms with Gasteiger partial charge in [-0.2, -0.15) is 0 Å². The number of hydrogen-bond acceptors (Lipinski definition) is 3. The van der Waals surface area contributed by atoms with Gasteiger partial charge in [0.1, 0.15) is 6.04 Å². The van der Waals surface area contributed by atoms with Gasteiger partial charge >= 0.3 is 12.0 Å². The van der Waals surface area contributed by atoms with Crippen molar-refractivity contribution in [2.24, 2.45) is 0 Å². The Kier molecular flexibility index (Phi) is 4.42. The van der Waals surface area contributed by atoms with Gasteiger partial charge in [0.15, 0.2) is 0 Å². The summed E-state index contributed by atoms with van der Waals surface area (Å²) in [7, 11) is 0. The van der Waals surface area contributed by atoms with Crippen LogP contribution in [-0.4, -0.2) is 47.0 Å². The maximum atomic E-state index is 12.3. The molecule has 0 spiro atoms. The van der Waals surface area contributed by atoms with Crippen molar-refractivity contribution < 1.29 is 19.5 Å². The van der Waals surface area contributed by atoms with Crippen molar-refractivity contribution in [1.82, 2.24) is 10.2 Å². The molecule has 7 heteroatoms. The van der Waals surface area contributed by atoms with E-state index in [2.05, 4.69) is 10.6 Å². The Bertz CT molecular complexity index is 573. The largest absolute Gasteiger partial charge is 0.481 e. The molecule has 0 bridgehead atoms. The first kappa shape index (κ1) is 14.8. The number of amides is 3. The molecule has 7 nitrogen and oxygen atoms in total. The molecular weight excluding hydrogens is 274 g/mol. The summed E-state index contributed by atoms with van der Waals surface area (Å²) in [4.78, 5) is 36.2. The fourth-order valence-corrected chi connectivity index (χ4v) is 2.23. The molecule has 1 aliphatic heterocycles. The van der Waals surface area contributed by atoms with Crippen LogP contribution in [0.15, 0.2) is 24.3 Å². The molecule has 0 saturated carbocycles. The normalized spacial score (nSPS) is 18.0. The topological polar surface area (TPSA) is 98.7 Å². The van der Waals surface area contributed by atoms with Crippen LogP contribution in [-0.2, 0) is 9.59 Å². The summed E-state index contributed by atoms with van der Waals surface area (Å²) in [5.41, 5.74) is 1.53. The zero-order chi connectivity index (χ0) is 15.4. The van der Waals surface area contributed by atoms with E-state index in [-0.39, 0.29) is 6.54 Å². The van der Waals surface area contributed by atoms with Gasteiger partial charge in [0, 0.05) is 18.8 Å². The van der Waals surface area contributed by atoms with E-state index in [0.29, 0.717) is 12.2 Å². The van der Waals surface area contributed by atoms with Crippen molar-refractivity contribution in [3.63, 3.8) is 0 Å². The summed E-state index contributed by atoms with van der Waals surface area (Å²) in [5.74, 6) is -1.56. The molecule has 0 aliphatic carbocycles. The first-order valence-electron chi connectivity index (χ1n) is 6.62. The first-order chi connectivity index (χ1) is 9.99. The van der Waals surface area contributed by atoms with Gasteiger partial charge in [-0.05, 0) is 18.6 Å². The van der Waals surface area contributed by atoms with E-state index in [1.807, 2.05) is 19.1 Å². The Labute approximate surface area is 121 Å². The van der Waals surface area contributed by atoms with Gasteiger partial charge in [-0.25, -0.2) is 4.79 Å². The van der Waals surface area contributed by atoms with E-state index in [1.165, 1.54) is 4.90 Å². The lowest BCUT2D eigenvalue weighted by molar-refractivity contribution is -0.142. The van der Waals surface area contributed by atoms with Crippen molar-refractivity contribution in [3.05, 3.63) is 29.8 Å². The average molecular weight is 291 g/mol. The minimum absolute atomic E-state index is 0.279. The van der Waals surface area contributed by atoms with Gasteiger partial charge < -0.3 is 20.6 Å². The monoisotopic (exact) mass is 291 g/mol. The highest BCUT2D eigenvalue weighted by Crippen LogP contribution is 2.16. The number of para-hydroxylation sites is 1. The highest BCUT2D eigenvalue weighted by molar-refractivity contribution is 5.96. The summed E-state index contributed by atoms with van der Waals surface area (Å²) in [6.07, 6.45) is -0.410. The number of benzene rings is 1. The van der Waals surface area contributed by atoms with Crippen molar-refractivity contribution in [3.8, 4) is 0 Å². The molecule has 3 N–H and O–H groups in total. The minimum Gasteiger partial charge on any atom is -0.481 e. The lowest BCUT2D eigenvalue weighted by atomic mass is 10.1. The number of nitrogens with zero attached hydrogens (tertiary/aromatic N) is 1. The van der Waals surface area contributed by atoms with Crippen LogP contribution in [0.3, 0.4) is 0 Å². The Morgan fingerprint density at radius 2 is 2.14 bits per heavy atom. The third kappa shape index (κ3) is 3.50. The molecule has 1 aromatic carbocycles. The quantitative estimate of drug-likeness (QED) is 0.767. The summed E-state index contributed by atoms with van der Waals surface area (Å²) in [5, 5.41) is 14.2. The number of carboxylic acids is 1. The third-order valence-corrected chi connectivity index (χ3v) is 3.35. The lowest BCUT2D eigenvalue weighted by Crippen LogP contribution is -2.58. The molecule has 0 radical (unpaired) electrons. The molecule has 1 unspecified atom stereocenters. The maximum Gasteiger partial charge on any atom is 0.322 e. The van der Waals surface area contributed by atoms with E-state index in [1.54, 1.807) is 12.1 Å². The number of carbonyl (C=O) groups excluding carboxylic acids is 2. The summed E-state index contributed by atoms with van der Waals surface area (Å²) in [6, 6.07) is 5.80. The summed E-state index contributed by atoms with van der Waals surface area (Å²) < 4.78 is 0. The van der Waals surface area contributed by atoms with Crippen LogP contribution >= 0.6 is 0 Å². The second kappa shape index (κ2) is 6.25. The Balaban J connectivity index is 2.14. The number of urea groups is 1. The van der Waals surface area contributed by atoms with Crippen LogP contribution in [0.2, 0.25) is 0 Å². The number of aryl methyl sites for hydroxylation is 1. The molecular formula is C14H17N3O4. The fourth-order valence-electron chi connectivity index (χ4n) is 2.23. The van der Waals surface area contributed by atoms with Gasteiger partial charge in [0.25, 0.3) is 0 Å². The third-order valence-electron chi connectivity index (χ3n) is 3.35. The van der Waals surface area contributed by atoms with Crippen LogP contribution in [0.4, 0.5) is 10.5 Å². The number of anilines is 1. The lowest BCUT2D eigenvalue weighted by Gasteiger charge is -2.34. The highest BCUT2D eigenvalue weighted by atomic mass is 16.4. The van der Waals surface area contributed by atoms with E-state index in [0.717, 1.165) is 5.56 Å². The second-order valence-electron chi connectivity index (χ2n) is 4.84. The van der Waals surface area contributed by atoms with E-state index < -0.39 is 30.4 Å². The van der Waals surface area contributed by atoms with Crippen LogP contribution in [0.5, 0.6) is 0 Å². The van der Waals surface area contributed by atoms with Crippen molar-refractivity contribution >= 4 is 23.6 Å². The summed E-state index contributed by atoms with van der Waals surface area (Å²) >= 11 is 0. The standard InChI is InChI=1S/C14H17N3O4/c1-9-4-2-3-5-10(9)16-14(21)17-7-6-15-13(20)11(17)8-12(18)19/h2-5,11H,6-8H2,1H3,(H,15,20)(H,16,21)(H,18,19). The number of aliphatic carboxylic acids is 1. The SMILES string of the molecule is Cc1ccccc1NC(=O)N1CCNC(=O)C1CC(=O)O. The van der Waals surface area contributed by atoms with Gasteiger partial charge in [0.05, 0.1) is 6.42 Å². The maximum absolute atomic E-state index is 12.3. The molecule has 0 aromatic heterocycles. The van der Waals surface area contributed by atoms with Gasteiger partial charge in [-0.3, -0.25) is 9.59 Å². The molecule has 1 atom stereocenters. The van der Waals surface area contributed by atoms with Crippen molar-refractivity contribution in [1.29, 1.82) is 0 Å². The Morgan fingerprint density at radius 3 is 2.81 bits per heavy atom. The predicted molar refractivity (Wildman–Crippen MR) is 76.0 cm³/mol. The molecule has 3 amide bonds. The van der Waals surface area contributed by atoms with Gasteiger partial charge in [-0.1, -0.05) is 18.2 Å². The average Bonchev–Trinajstić information content (AvgIpc) is 2.43. The van der Waals surface area contributed by atoms with E-state index >= 15 is 0 Å². The fraction of sp³-hybridized carbons (Fsp3) is 0.357. The van der Waals surface area contributed by atoms with E-state index in [9.17, 15) is 14.4 Å².